The molecule has 1 heterocycles. The van der Waals surface area contributed by atoms with Gasteiger partial charge in [0, 0.05) is 18.0 Å². The molecule has 0 radical (unpaired) electrons. The summed E-state index contributed by atoms with van der Waals surface area (Å²) in [4.78, 5) is 25.4. The first-order chi connectivity index (χ1) is 10.5. The van der Waals surface area contributed by atoms with Crippen LogP contribution in [0.3, 0.4) is 0 Å². The highest BCUT2D eigenvalue weighted by Crippen LogP contribution is 2.31. The number of benzene rings is 1. The van der Waals surface area contributed by atoms with Gasteiger partial charge in [-0.05, 0) is 31.4 Å². The van der Waals surface area contributed by atoms with E-state index in [0.29, 0.717) is 5.58 Å². The average molecular weight is 301 g/mol. The number of hydrogen-bond donors (Lipinski definition) is 1. The molecule has 1 amide bonds. The molecule has 3 rings (SSSR count). The normalized spacial score (nSPS) is 15.7. The van der Waals surface area contributed by atoms with Crippen molar-refractivity contribution in [3.05, 3.63) is 35.6 Å². The van der Waals surface area contributed by atoms with Crippen LogP contribution in [0.1, 0.15) is 35.9 Å². The second kappa shape index (κ2) is 5.48. The molecule has 22 heavy (non-hydrogen) atoms. The van der Waals surface area contributed by atoms with Crippen molar-refractivity contribution in [2.24, 2.45) is 5.92 Å². The van der Waals surface area contributed by atoms with Gasteiger partial charge in [0.2, 0.25) is 0 Å². The van der Waals surface area contributed by atoms with Crippen LogP contribution < -0.4 is 0 Å². The van der Waals surface area contributed by atoms with Crippen molar-refractivity contribution in [3.8, 4) is 0 Å². The van der Waals surface area contributed by atoms with Crippen LogP contribution in [0.4, 0.5) is 0 Å². The van der Waals surface area contributed by atoms with Crippen LogP contribution in [-0.2, 0) is 4.79 Å². The minimum Gasteiger partial charge on any atom is -0.481 e. The highest BCUT2D eigenvalue weighted by molar-refractivity contribution is 5.97. The van der Waals surface area contributed by atoms with Crippen molar-refractivity contribution in [1.29, 1.82) is 0 Å². The Morgan fingerprint density at radius 1 is 1.41 bits per heavy atom. The van der Waals surface area contributed by atoms with Crippen LogP contribution in [0.25, 0.3) is 11.0 Å². The third-order valence-electron chi connectivity index (χ3n) is 4.09. The van der Waals surface area contributed by atoms with Crippen LogP contribution in [0, 0.1) is 12.8 Å². The smallest absolute Gasteiger partial charge is 0.308 e. The van der Waals surface area contributed by atoms with E-state index in [2.05, 4.69) is 0 Å². The van der Waals surface area contributed by atoms with Gasteiger partial charge in [0.25, 0.3) is 5.91 Å². The number of carboxylic acid groups (broad SMARTS) is 1. The van der Waals surface area contributed by atoms with Crippen LogP contribution in [0.5, 0.6) is 0 Å². The number of carboxylic acids is 1. The molecule has 1 N–H and O–H groups in total. The molecule has 5 nitrogen and oxygen atoms in total. The van der Waals surface area contributed by atoms with E-state index < -0.39 is 11.9 Å². The summed E-state index contributed by atoms with van der Waals surface area (Å²) in [5, 5.41) is 9.97. The van der Waals surface area contributed by atoms with Crippen molar-refractivity contribution >= 4 is 22.8 Å². The van der Waals surface area contributed by atoms with Gasteiger partial charge in [0.15, 0.2) is 5.76 Å². The van der Waals surface area contributed by atoms with Crippen molar-refractivity contribution in [2.75, 3.05) is 6.54 Å². The molecule has 1 atom stereocenters. The molecular formula is C17H19NO4. The highest BCUT2D eigenvalue weighted by Gasteiger charge is 2.36. The lowest BCUT2D eigenvalue weighted by Gasteiger charge is -2.23. The van der Waals surface area contributed by atoms with Gasteiger partial charge in [-0.25, -0.2) is 0 Å². The molecular weight excluding hydrogens is 282 g/mol. The molecule has 1 aliphatic carbocycles. The Hall–Kier alpha value is -2.30. The molecule has 1 fully saturated rings. The predicted molar refractivity (Wildman–Crippen MR) is 81.8 cm³/mol. The zero-order valence-electron chi connectivity index (χ0n) is 12.7. The van der Waals surface area contributed by atoms with E-state index in [9.17, 15) is 9.59 Å². The summed E-state index contributed by atoms with van der Waals surface area (Å²) in [6, 6.07) is 7.65. The van der Waals surface area contributed by atoms with E-state index >= 15 is 0 Å². The van der Waals surface area contributed by atoms with E-state index in [0.717, 1.165) is 23.8 Å². The molecule has 5 heteroatoms. The topological polar surface area (TPSA) is 70.8 Å². The summed E-state index contributed by atoms with van der Waals surface area (Å²) < 4.78 is 5.72. The van der Waals surface area contributed by atoms with Crippen LogP contribution >= 0.6 is 0 Å². The van der Waals surface area contributed by atoms with E-state index in [-0.39, 0.29) is 24.3 Å². The fourth-order valence-electron chi connectivity index (χ4n) is 2.61. The number of furan rings is 1. The molecule has 116 valence electrons. The van der Waals surface area contributed by atoms with Gasteiger partial charge < -0.3 is 14.4 Å². The summed E-state index contributed by atoms with van der Waals surface area (Å²) in [7, 11) is 0. The third kappa shape index (κ3) is 2.71. The lowest BCUT2D eigenvalue weighted by Crippen LogP contribution is -2.38. The number of para-hydroxylation sites is 1. The van der Waals surface area contributed by atoms with E-state index in [1.165, 1.54) is 0 Å². The molecule has 0 saturated heterocycles. The lowest BCUT2D eigenvalue weighted by molar-refractivity contribution is -0.141. The molecule has 2 aromatic rings. The van der Waals surface area contributed by atoms with Gasteiger partial charge in [-0.15, -0.1) is 0 Å². The van der Waals surface area contributed by atoms with Crippen LogP contribution in [0.15, 0.2) is 28.7 Å². The van der Waals surface area contributed by atoms with Gasteiger partial charge in [-0.2, -0.15) is 0 Å². The van der Waals surface area contributed by atoms with Gasteiger partial charge in [-0.3, -0.25) is 9.59 Å². The molecule has 1 aromatic carbocycles. The summed E-state index contributed by atoms with van der Waals surface area (Å²) in [5.41, 5.74) is 1.70. The van der Waals surface area contributed by atoms with Gasteiger partial charge in [0.05, 0.1) is 5.92 Å². The monoisotopic (exact) mass is 301 g/mol. The Balaban J connectivity index is 1.88. The van der Waals surface area contributed by atoms with Crippen molar-refractivity contribution in [2.45, 2.75) is 32.7 Å². The second-order valence-corrected chi connectivity index (χ2v) is 6.03. The van der Waals surface area contributed by atoms with E-state index in [1.807, 2.05) is 25.1 Å². The number of carbonyl (C=O) groups is 2. The van der Waals surface area contributed by atoms with Gasteiger partial charge >= 0.3 is 5.97 Å². The van der Waals surface area contributed by atoms with E-state index in [1.54, 1.807) is 17.9 Å². The Morgan fingerprint density at radius 3 is 2.73 bits per heavy atom. The largest absolute Gasteiger partial charge is 0.481 e. The standard InChI is InChI=1S/C17H19NO4/c1-10-4-3-5-12-8-14(22-15(10)12)16(19)18(13-6-7-13)9-11(2)17(20)21/h3-5,8,11,13H,6-7,9H2,1-2H3,(H,20,21). The first-order valence-electron chi connectivity index (χ1n) is 7.50. The third-order valence-corrected chi connectivity index (χ3v) is 4.09. The molecule has 1 aromatic heterocycles. The van der Waals surface area contributed by atoms with E-state index in [4.69, 9.17) is 9.52 Å². The van der Waals surface area contributed by atoms with Crippen molar-refractivity contribution in [1.82, 2.24) is 4.90 Å². The fourth-order valence-corrected chi connectivity index (χ4v) is 2.61. The maximum Gasteiger partial charge on any atom is 0.308 e. The predicted octanol–water partition coefficient (Wildman–Crippen LogP) is 3.07. The minimum atomic E-state index is -0.890. The SMILES string of the molecule is Cc1cccc2cc(C(=O)N(CC(C)C(=O)O)C3CC3)oc12. The van der Waals surface area contributed by atoms with Crippen molar-refractivity contribution < 1.29 is 19.1 Å². The number of fused-ring (bicyclic) bond motifs is 1. The first kappa shape index (κ1) is 14.6. The summed E-state index contributed by atoms with van der Waals surface area (Å²) >= 11 is 0. The number of carbonyl (C=O) groups excluding carboxylic acids is 1. The molecule has 0 aliphatic heterocycles. The number of aliphatic carboxylic acids is 1. The molecule has 1 unspecified atom stereocenters. The number of rotatable bonds is 5. The molecule has 1 aliphatic rings. The summed E-state index contributed by atoms with van der Waals surface area (Å²) in [5.74, 6) is -1.41. The number of aryl methyl sites for hydroxylation is 1. The number of nitrogens with zero attached hydrogens (tertiary/aromatic N) is 1. The van der Waals surface area contributed by atoms with Gasteiger partial charge in [-0.1, -0.05) is 25.1 Å². The van der Waals surface area contributed by atoms with Gasteiger partial charge in [0.1, 0.15) is 5.58 Å². The Morgan fingerprint density at radius 2 is 2.14 bits per heavy atom. The van der Waals surface area contributed by atoms with Crippen molar-refractivity contribution in [3.63, 3.8) is 0 Å². The van der Waals surface area contributed by atoms with Crippen LogP contribution in [-0.4, -0.2) is 34.5 Å². The Labute approximate surface area is 128 Å². The number of hydrogen-bond acceptors (Lipinski definition) is 3. The zero-order valence-corrected chi connectivity index (χ0v) is 12.7. The maximum absolute atomic E-state index is 12.7. The Kier molecular flexibility index (Phi) is 3.64. The average Bonchev–Trinajstić information content (AvgIpc) is 3.22. The molecule has 1 saturated carbocycles. The molecule has 0 bridgehead atoms. The lowest BCUT2D eigenvalue weighted by atomic mass is 10.1. The van der Waals surface area contributed by atoms with Crippen LogP contribution in [0.2, 0.25) is 0 Å². The maximum atomic E-state index is 12.7. The zero-order chi connectivity index (χ0) is 15.9. The molecule has 0 spiro atoms. The number of amides is 1. The second-order valence-electron chi connectivity index (χ2n) is 6.03. The minimum absolute atomic E-state index is 0.142. The quantitative estimate of drug-likeness (QED) is 0.921. The first-order valence-corrected chi connectivity index (χ1v) is 7.50. The fraction of sp³-hybridized carbons (Fsp3) is 0.412. The Bertz CT molecular complexity index is 729. The summed E-state index contributed by atoms with van der Waals surface area (Å²) in [6.07, 6.45) is 1.86. The highest BCUT2D eigenvalue weighted by atomic mass is 16.4. The summed E-state index contributed by atoms with van der Waals surface area (Å²) in [6.45, 7) is 3.77.